The average Bonchev–Trinajstić information content (AvgIpc) is 2.28. The van der Waals surface area contributed by atoms with E-state index in [2.05, 4.69) is 5.32 Å². The number of carbonyl (C=O) groups excluding carboxylic acids is 1. The molecule has 0 spiro atoms. The average molecular weight is 276 g/mol. The van der Waals surface area contributed by atoms with Crippen molar-refractivity contribution < 1.29 is 18.9 Å². The second kappa shape index (κ2) is 7.35. The van der Waals surface area contributed by atoms with Gasteiger partial charge in [-0.25, -0.2) is 4.79 Å². The van der Waals surface area contributed by atoms with E-state index in [1.54, 1.807) is 11.2 Å². The summed E-state index contributed by atoms with van der Waals surface area (Å²) in [6.07, 6.45) is 3.26. The van der Waals surface area contributed by atoms with Gasteiger partial charge in [0.05, 0.1) is 0 Å². The molecule has 0 aromatic rings. The minimum atomic E-state index is -0.898. The topological polar surface area (TPSA) is 86.7 Å². The summed E-state index contributed by atoms with van der Waals surface area (Å²) in [4.78, 5) is 24.0. The molecule has 1 aliphatic heterocycles. The highest BCUT2D eigenvalue weighted by molar-refractivity contribution is 7.84. The number of likely N-dealkylation sites (tertiary alicyclic amines) is 1. The Morgan fingerprint density at radius 1 is 1.39 bits per heavy atom. The second-order valence-corrected chi connectivity index (χ2v) is 6.09. The maximum absolute atomic E-state index is 11.7. The van der Waals surface area contributed by atoms with E-state index in [1.165, 1.54) is 0 Å². The summed E-state index contributed by atoms with van der Waals surface area (Å²) in [5, 5.41) is 11.4. The third kappa shape index (κ3) is 5.48. The van der Waals surface area contributed by atoms with Crippen LogP contribution < -0.4 is 5.32 Å². The minimum absolute atomic E-state index is 0.144. The van der Waals surface area contributed by atoms with Crippen molar-refractivity contribution in [1.82, 2.24) is 10.2 Å². The van der Waals surface area contributed by atoms with Gasteiger partial charge >= 0.3 is 12.0 Å². The molecule has 0 saturated carbocycles. The number of carboxylic acids is 1. The van der Waals surface area contributed by atoms with Gasteiger partial charge in [-0.1, -0.05) is 0 Å². The zero-order valence-electron chi connectivity index (χ0n) is 10.6. The maximum atomic E-state index is 11.7. The largest absolute Gasteiger partial charge is 0.481 e. The fraction of sp³-hybridized carbons (Fsp3) is 0.818. The molecule has 1 fully saturated rings. The van der Waals surface area contributed by atoms with Gasteiger partial charge in [-0.2, -0.15) is 0 Å². The van der Waals surface area contributed by atoms with Gasteiger partial charge in [-0.3, -0.25) is 9.00 Å². The Balaban J connectivity index is 2.23. The second-order valence-electron chi connectivity index (χ2n) is 4.54. The van der Waals surface area contributed by atoms with Crippen LogP contribution in [0.4, 0.5) is 4.79 Å². The predicted octanol–water partition coefficient (Wildman–Crippen LogP) is 0.261. The van der Waals surface area contributed by atoms with Gasteiger partial charge in [0, 0.05) is 48.9 Å². The zero-order chi connectivity index (χ0) is 13.5. The van der Waals surface area contributed by atoms with E-state index in [0.717, 1.165) is 12.8 Å². The molecule has 1 saturated heterocycles. The van der Waals surface area contributed by atoms with Crippen LogP contribution in [0.3, 0.4) is 0 Å². The Bertz CT molecular complexity index is 327. The number of piperidine rings is 1. The van der Waals surface area contributed by atoms with E-state index < -0.39 is 16.8 Å². The van der Waals surface area contributed by atoms with Crippen molar-refractivity contribution in [3.05, 3.63) is 0 Å². The molecule has 0 radical (unpaired) electrons. The van der Waals surface area contributed by atoms with Crippen LogP contribution in [0.1, 0.15) is 19.3 Å². The Kier molecular flexibility index (Phi) is 6.11. The number of aliphatic carboxylic acids is 1. The summed E-state index contributed by atoms with van der Waals surface area (Å²) in [6.45, 7) is 1.61. The molecule has 1 atom stereocenters. The normalized spacial score (nSPS) is 18.4. The first kappa shape index (κ1) is 14.9. The monoisotopic (exact) mass is 276 g/mol. The van der Waals surface area contributed by atoms with Crippen molar-refractivity contribution in [3.63, 3.8) is 0 Å². The van der Waals surface area contributed by atoms with Crippen molar-refractivity contribution in [2.24, 2.45) is 5.92 Å². The molecule has 0 aromatic carbocycles. The first-order valence-electron chi connectivity index (χ1n) is 6.03. The van der Waals surface area contributed by atoms with Crippen LogP contribution in [0.5, 0.6) is 0 Å². The molecule has 104 valence electrons. The van der Waals surface area contributed by atoms with E-state index in [-0.39, 0.29) is 18.4 Å². The van der Waals surface area contributed by atoms with E-state index >= 15 is 0 Å². The minimum Gasteiger partial charge on any atom is -0.481 e. The number of rotatable bonds is 5. The molecule has 7 heteroatoms. The van der Waals surface area contributed by atoms with Crippen LogP contribution in [-0.4, -0.2) is 57.9 Å². The summed E-state index contributed by atoms with van der Waals surface area (Å²) < 4.78 is 10.8. The number of nitrogens with zero attached hydrogens (tertiary/aromatic N) is 1. The molecule has 1 aliphatic rings. The van der Waals surface area contributed by atoms with Crippen molar-refractivity contribution in [2.75, 3.05) is 31.6 Å². The lowest BCUT2D eigenvalue weighted by atomic mass is 9.94. The highest BCUT2D eigenvalue weighted by Crippen LogP contribution is 2.20. The first-order chi connectivity index (χ1) is 8.49. The number of hydrogen-bond donors (Lipinski definition) is 2. The van der Waals surface area contributed by atoms with Gasteiger partial charge in [0.15, 0.2) is 0 Å². The highest BCUT2D eigenvalue weighted by Gasteiger charge is 2.23. The van der Waals surface area contributed by atoms with E-state index in [1.807, 2.05) is 0 Å². The molecule has 2 amide bonds. The number of carboxylic acid groups (broad SMARTS) is 1. The lowest BCUT2D eigenvalue weighted by Gasteiger charge is -2.31. The Hall–Kier alpha value is -1.11. The molecule has 1 heterocycles. The van der Waals surface area contributed by atoms with E-state index in [9.17, 15) is 13.8 Å². The van der Waals surface area contributed by atoms with Crippen LogP contribution in [-0.2, 0) is 15.6 Å². The number of amides is 2. The van der Waals surface area contributed by atoms with Crippen molar-refractivity contribution >= 4 is 22.8 Å². The fourth-order valence-corrected chi connectivity index (χ4v) is 2.39. The standard InChI is InChI=1S/C11H20N2O4S/c1-18(17)7-4-12-11(16)13-5-2-9(3-6-13)8-10(14)15/h9H,2-8H2,1H3,(H,12,16)(H,14,15). The smallest absolute Gasteiger partial charge is 0.317 e. The van der Waals surface area contributed by atoms with Crippen molar-refractivity contribution in [2.45, 2.75) is 19.3 Å². The molecule has 0 bridgehead atoms. The fourth-order valence-electron chi connectivity index (χ4n) is 2.00. The van der Waals surface area contributed by atoms with Crippen molar-refractivity contribution in [1.29, 1.82) is 0 Å². The van der Waals surface area contributed by atoms with Crippen LogP contribution >= 0.6 is 0 Å². The van der Waals surface area contributed by atoms with Crippen LogP contribution in [0.2, 0.25) is 0 Å². The first-order valence-corrected chi connectivity index (χ1v) is 7.76. The maximum Gasteiger partial charge on any atom is 0.317 e. The van der Waals surface area contributed by atoms with Crippen LogP contribution in [0.25, 0.3) is 0 Å². The number of hydrogen-bond acceptors (Lipinski definition) is 3. The third-order valence-electron chi connectivity index (χ3n) is 3.03. The Morgan fingerprint density at radius 2 is 2.00 bits per heavy atom. The molecule has 2 N–H and O–H groups in total. The van der Waals surface area contributed by atoms with Gasteiger partial charge in [-0.05, 0) is 18.8 Å². The summed E-state index contributed by atoms with van der Waals surface area (Å²) in [6, 6.07) is -0.144. The van der Waals surface area contributed by atoms with E-state index in [4.69, 9.17) is 5.11 Å². The highest BCUT2D eigenvalue weighted by atomic mass is 32.2. The number of carbonyl (C=O) groups is 2. The van der Waals surface area contributed by atoms with Gasteiger partial charge < -0.3 is 15.3 Å². The molecular formula is C11H20N2O4S. The van der Waals surface area contributed by atoms with Gasteiger partial charge in [0.2, 0.25) is 0 Å². The van der Waals surface area contributed by atoms with Gasteiger partial charge in [0.1, 0.15) is 0 Å². The van der Waals surface area contributed by atoms with Crippen LogP contribution in [0, 0.1) is 5.92 Å². The summed E-state index contributed by atoms with van der Waals surface area (Å²) in [5.74, 6) is -0.140. The molecular weight excluding hydrogens is 256 g/mol. The Labute approximate surface area is 109 Å². The molecule has 6 nitrogen and oxygen atoms in total. The summed E-state index contributed by atoms with van der Waals surface area (Å²) in [7, 11) is -0.898. The predicted molar refractivity (Wildman–Crippen MR) is 68.9 cm³/mol. The van der Waals surface area contributed by atoms with Crippen LogP contribution in [0.15, 0.2) is 0 Å². The Morgan fingerprint density at radius 3 is 2.50 bits per heavy atom. The number of urea groups is 1. The third-order valence-corrected chi connectivity index (χ3v) is 3.81. The van der Waals surface area contributed by atoms with Gasteiger partial charge in [-0.15, -0.1) is 0 Å². The molecule has 0 aliphatic carbocycles. The zero-order valence-corrected chi connectivity index (χ0v) is 11.4. The molecule has 1 rings (SSSR count). The molecule has 0 aromatic heterocycles. The quantitative estimate of drug-likeness (QED) is 0.754. The lowest BCUT2D eigenvalue weighted by Crippen LogP contribution is -2.45. The lowest BCUT2D eigenvalue weighted by molar-refractivity contribution is -0.138. The SMILES string of the molecule is CS(=O)CCNC(=O)N1CCC(CC(=O)O)CC1. The molecule has 18 heavy (non-hydrogen) atoms. The number of nitrogens with one attached hydrogen (secondary N) is 1. The van der Waals surface area contributed by atoms with E-state index in [0.29, 0.717) is 25.4 Å². The summed E-state index contributed by atoms with van der Waals surface area (Å²) in [5.41, 5.74) is 0. The van der Waals surface area contributed by atoms with Crippen molar-refractivity contribution in [3.8, 4) is 0 Å². The van der Waals surface area contributed by atoms with Gasteiger partial charge in [0.25, 0.3) is 0 Å². The molecule has 1 unspecified atom stereocenters. The summed E-state index contributed by atoms with van der Waals surface area (Å²) >= 11 is 0.